The van der Waals surface area contributed by atoms with Crippen molar-refractivity contribution in [2.24, 2.45) is 0 Å². The van der Waals surface area contributed by atoms with Gasteiger partial charge in [0.15, 0.2) is 0 Å². The minimum Gasteiger partial charge on any atom is -0.508 e. The summed E-state index contributed by atoms with van der Waals surface area (Å²) in [4.78, 5) is 41.8. The van der Waals surface area contributed by atoms with E-state index in [1.165, 1.54) is 17.0 Å². The van der Waals surface area contributed by atoms with Crippen LogP contribution in [0.5, 0.6) is 5.75 Å². The predicted molar refractivity (Wildman–Crippen MR) is 149 cm³/mol. The van der Waals surface area contributed by atoms with Crippen LogP contribution in [-0.4, -0.2) is 52.6 Å². The molecular formula is C30H43N3O5. The van der Waals surface area contributed by atoms with Gasteiger partial charge in [-0.25, -0.2) is 4.79 Å². The van der Waals surface area contributed by atoms with Gasteiger partial charge in [-0.1, -0.05) is 61.7 Å². The molecule has 2 atom stereocenters. The number of carbonyl (C=O) groups is 3. The molecule has 0 aliphatic carbocycles. The number of amides is 3. The molecule has 0 fully saturated rings. The maximum Gasteiger partial charge on any atom is 0.408 e. The van der Waals surface area contributed by atoms with Crippen LogP contribution in [-0.2, 0) is 20.7 Å². The average Bonchev–Trinajstić information content (AvgIpc) is 2.84. The van der Waals surface area contributed by atoms with Gasteiger partial charge in [-0.3, -0.25) is 9.59 Å². The Labute approximate surface area is 226 Å². The van der Waals surface area contributed by atoms with Crippen LogP contribution in [0.3, 0.4) is 0 Å². The molecule has 0 spiro atoms. The lowest BCUT2D eigenvalue weighted by Gasteiger charge is -2.34. The zero-order valence-corrected chi connectivity index (χ0v) is 23.5. The van der Waals surface area contributed by atoms with E-state index in [4.69, 9.17) is 4.74 Å². The van der Waals surface area contributed by atoms with Crippen molar-refractivity contribution in [2.45, 2.75) is 84.9 Å². The number of likely N-dealkylation sites (N-methyl/N-ethyl adjacent to an activating group) is 1. The van der Waals surface area contributed by atoms with Crippen LogP contribution in [0, 0.1) is 6.92 Å². The quantitative estimate of drug-likeness (QED) is 0.337. The number of ether oxygens (including phenoxy) is 1. The lowest BCUT2D eigenvalue weighted by atomic mass is 9.99. The summed E-state index contributed by atoms with van der Waals surface area (Å²) in [5.74, 6) is -0.560. The Balaban J connectivity index is 2.42. The Morgan fingerprint density at radius 2 is 1.71 bits per heavy atom. The molecule has 8 nitrogen and oxygen atoms in total. The summed E-state index contributed by atoms with van der Waals surface area (Å²) >= 11 is 0. The molecule has 0 radical (unpaired) electrons. The third-order valence-corrected chi connectivity index (χ3v) is 5.99. The van der Waals surface area contributed by atoms with Gasteiger partial charge in [0.2, 0.25) is 11.8 Å². The fourth-order valence-electron chi connectivity index (χ4n) is 4.18. The van der Waals surface area contributed by atoms with Crippen LogP contribution in [0.25, 0.3) is 0 Å². The predicted octanol–water partition coefficient (Wildman–Crippen LogP) is 5.03. The van der Waals surface area contributed by atoms with Gasteiger partial charge < -0.3 is 25.4 Å². The zero-order valence-electron chi connectivity index (χ0n) is 23.5. The van der Waals surface area contributed by atoms with Crippen LogP contribution in [0.1, 0.15) is 76.6 Å². The van der Waals surface area contributed by atoms with Gasteiger partial charge in [0.1, 0.15) is 23.4 Å². The Morgan fingerprint density at radius 3 is 2.29 bits per heavy atom. The van der Waals surface area contributed by atoms with Crippen LogP contribution >= 0.6 is 0 Å². The van der Waals surface area contributed by atoms with Crippen LogP contribution in [0.2, 0.25) is 0 Å². The van der Waals surface area contributed by atoms with E-state index < -0.39 is 29.7 Å². The van der Waals surface area contributed by atoms with Crippen molar-refractivity contribution in [3.63, 3.8) is 0 Å². The molecule has 0 saturated carbocycles. The molecule has 0 saturated heterocycles. The van der Waals surface area contributed by atoms with Gasteiger partial charge in [0.05, 0.1) is 0 Å². The highest BCUT2D eigenvalue weighted by Crippen LogP contribution is 2.24. The molecule has 2 unspecified atom stereocenters. The molecule has 2 aromatic rings. The van der Waals surface area contributed by atoms with Crippen LogP contribution in [0.15, 0.2) is 48.5 Å². The van der Waals surface area contributed by atoms with Crippen molar-refractivity contribution < 1.29 is 24.2 Å². The van der Waals surface area contributed by atoms with Crippen molar-refractivity contribution in [3.8, 4) is 5.75 Å². The summed E-state index contributed by atoms with van der Waals surface area (Å²) in [5, 5.41) is 15.4. The summed E-state index contributed by atoms with van der Waals surface area (Å²) in [7, 11) is 0. The first kappa shape index (κ1) is 30.7. The molecule has 2 aromatic carbocycles. The number of aromatic hydroxyl groups is 1. The maximum absolute atomic E-state index is 14.1. The zero-order chi connectivity index (χ0) is 28.3. The third-order valence-electron chi connectivity index (χ3n) is 5.99. The number of hydrogen-bond acceptors (Lipinski definition) is 5. The molecule has 2 rings (SSSR count). The monoisotopic (exact) mass is 525 g/mol. The second-order valence-electron chi connectivity index (χ2n) is 10.5. The maximum atomic E-state index is 14.1. The fourth-order valence-corrected chi connectivity index (χ4v) is 4.18. The third kappa shape index (κ3) is 9.72. The second kappa shape index (κ2) is 14.4. The first-order chi connectivity index (χ1) is 17.9. The van der Waals surface area contributed by atoms with Crippen molar-refractivity contribution in [1.82, 2.24) is 15.5 Å². The van der Waals surface area contributed by atoms with E-state index in [9.17, 15) is 19.5 Å². The fraction of sp³-hybridized carbons (Fsp3) is 0.500. The molecule has 0 aromatic heterocycles. The Kier molecular flexibility index (Phi) is 11.6. The van der Waals surface area contributed by atoms with Gasteiger partial charge in [-0.2, -0.15) is 0 Å². The van der Waals surface area contributed by atoms with Gasteiger partial charge in [0, 0.05) is 19.5 Å². The lowest BCUT2D eigenvalue weighted by Crippen LogP contribution is -2.53. The smallest absolute Gasteiger partial charge is 0.408 e. The Morgan fingerprint density at radius 1 is 1.03 bits per heavy atom. The molecular weight excluding hydrogens is 482 g/mol. The summed E-state index contributed by atoms with van der Waals surface area (Å²) in [6, 6.07) is 12.2. The van der Waals surface area contributed by atoms with E-state index in [0.29, 0.717) is 12.1 Å². The molecule has 0 heterocycles. The number of hydrogen-bond donors (Lipinski definition) is 3. The van der Waals surface area contributed by atoms with E-state index in [2.05, 4.69) is 17.6 Å². The minimum atomic E-state index is -0.991. The summed E-state index contributed by atoms with van der Waals surface area (Å²) in [6.45, 7) is 11.9. The second-order valence-corrected chi connectivity index (χ2v) is 10.5. The summed E-state index contributed by atoms with van der Waals surface area (Å²) in [5.41, 5.74) is 1.67. The number of alkyl carbamates (subject to hydrolysis) is 1. The largest absolute Gasteiger partial charge is 0.508 e. The molecule has 8 heteroatoms. The number of carbonyl (C=O) groups excluding carboxylic acids is 3. The van der Waals surface area contributed by atoms with Crippen LogP contribution in [0.4, 0.5) is 4.79 Å². The van der Waals surface area contributed by atoms with E-state index in [1.54, 1.807) is 32.9 Å². The van der Waals surface area contributed by atoms with Crippen molar-refractivity contribution in [3.05, 3.63) is 65.2 Å². The highest BCUT2D eigenvalue weighted by Gasteiger charge is 2.35. The van der Waals surface area contributed by atoms with Gasteiger partial charge in [-0.15, -0.1) is 0 Å². The number of nitrogens with zero attached hydrogens (tertiary/aromatic N) is 1. The van der Waals surface area contributed by atoms with Gasteiger partial charge >= 0.3 is 6.09 Å². The Hall–Kier alpha value is -3.55. The van der Waals surface area contributed by atoms with Crippen molar-refractivity contribution >= 4 is 17.9 Å². The molecule has 3 amide bonds. The highest BCUT2D eigenvalue weighted by atomic mass is 16.6. The number of nitrogens with one attached hydrogen (secondary N) is 2. The van der Waals surface area contributed by atoms with Crippen molar-refractivity contribution in [2.75, 3.05) is 13.1 Å². The summed E-state index contributed by atoms with van der Waals surface area (Å²) in [6.07, 6.45) is 2.33. The number of unbranched alkanes of at least 4 members (excludes halogenated alkanes) is 2. The minimum absolute atomic E-state index is 0.103. The van der Waals surface area contributed by atoms with Crippen LogP contribution < -0.4 is 10.6 Å². The number of rotatable bonds is 12. The molecule has 0 aliphatic heterocycles. The summed E-state index contributed by atoms with van der Waals surface area (Å²) < 4.78 is 5.43. The van der Waals surface area contributed by atoms with Gasteiger partial charge in [0.25, 0.3) is 0 Å². The standard InChI is InChI=1S/C30H43N3O5/c1-7-9-10-18-31-27(35)26(23-13-11-12-21(3)19-23)33(8-2)28(36)25(32-29(37)38-30(4,5)6)20-22-14-16-24(34)17-15-22/h11-17,19,25-26,34H,7-10,18,20H2,1-6H3,(H,31,35)(H,32,37). The van der Waals surface area contributed by atoms with Gasteiger partial charge in [-0.05, 0) is 64.3 Å². The molecule has 3 N–H and O–H groups in total. The normalized spacial score (nSPS) is 12.8. The number of phenols is 1. The van der Waals surface area contributed by atoms with E-state index in [0.717, 1.165) is 30.4 Å². The number of phenolic OH excluding ortho intramolecular Hbond substituents is 1. The molecule has 0 aliphatic rings. The van der Waals surface area contributed by atoms with Crippen molar-refractivity contribution in [1.29, 1.82) is 0 Å². The van der Waals surface area contributed by atoms with E-state index in [-0.39, 0.29) is 24.6 Å². The average molecular weight is 526 g/mol. The topological polar surface area (TPSA) is 108 Å². The lowest BCUT2D eigenvalue weighted by molar-refractivity contribution is -0.142. The molecule has 38 heavy (non-hydrogen) atoms. The Bertz CT molecular complexity index is 1060. The van der Waals surface area contributed by atoms with E-state index >= 15 is 0 Å². The number of aryl methyl sites for hydroxylation is 1. The molecule has 208 valence electrons. The molecule has 0 bridgehead atoms. The first-order valence-corrected chi connectivity index (χ1v) is 13.4. The highest BCUT2D eigenvalue weighted by molar-refractivity contribution is 5.92. The SMILES string of the molecule is CCCCCNC(=O)C(c1cccc(C)c1)N(CC)C(=O)C(Cc1ccc(O)cc1)NC(=O)OC(C)(C)C. The first-order valence-electron chi connectivity index (χ1n) is 13.4. The number of benzene rings is 2. The van der Waals surface area contributed by atoms with E-state index in [1.807, 2.05) is 38.1 Å².